The predicted octanol–water partition coefficient (Wildman–Crippen LogP) is 14.9. The van der Waals surface area contributed by atoms with Gasteiger partial charge in [0, 0.05) is 33.5 Å². The standard InChI is InChI=1S/C54H38N2/c1-4-15-39(16-5-1)41-27-32-46(33-28-41)55(45-20-8-3-9-21-45)48-22-14-19-43(37-48)49-23-10-11-24-50(49)44-31-36-52-51-25-12-13-26-53(51)56(54(52)38-44)47-34-29-42(30-35-47)40-17-6-2-7-18-40/h1-38H. The number of hydrogen-bond donors (Lipinski definition) is 0. The monoisotopic (exact) mass is 714 g/mol. The van der Waals surface area contributed by atoms with Gasteiger partial charge in [-0.3, -0.25) is 0 Å². The first-order chi connectivity index (χ1) is 27.8. The van der Waals surface area contributed by atoms with Gasteiger partial charge in [0.15, 0.2) is 0 Å². The maximum atomic E-state index is 2.41. The van der Waals surface area contributed by atoms with Crippen LogP contribution in [0.5, 0.6) is 0 Å². The Labute approximate surface area is 327 Å². The number of aromatic nitrogens is 1. The van der Waals surface area contributed by atoms with Gasteiger partial charge < -0.3 is 9.47 Å². The number of nitrogens with zero attached hydrogens (tertiary/aromatic N) is 2. The molecule has 0 saturated heterocycles. The Morgan fingerprint density at radius 1 is 0.268 bits per heavy atom. The molecule has 0 N–H and O–H groups in total. The van der Waals surface area contributed by atoms with Gasteiger partial charge in [0.25, 0.3) is 0 Å². The van der Waals surface area contributed by atoms with Gasteiger partial charge in [-0.2, -0.15) is 0 Å². The summed E-state index contributed by atoms with van der Waals surface area (Å²) in [6.45, 7) is 0. The summed E-state index contributed by atoms with van der Waals surface area (Å²) in [6.07, 6.45) is 0. The smallest absolute Gasteiger partial charge is 0.0547 e. The minimum atomic E-state index is 1.10. The van der Waals surface area contributed by atoms with Gasteiger partial charge in [0.2, 0.25) is 0 Å². The van der Waals surface area contributed by atoms with Crippen molar-refractivity contribution >= 4 is 38.9 Å². The molecule has 1 aromatic heterocycles. The van der Waals surface area contributed by atoms with Crippen molar-refractivity contribution in [1.82, 2.24) is 4.57 Å². The number of anilines is 3. The Hall–Kier alpha value is -7.42. The third-order valence-electron chi connectivity index (χ3n) is 10.8. The first kappa shape index (κ1) is 33.2. The maximum Gasteiger partial charge on any atom is 0.0547 e. The lowest BCUT2D eigenvalue weighted by atomic mass is 9.93. The van der Waals surface area contributed by atoms with E-state index in [1.165, 1.54) is 60.8 Å². The number of rotatable bonds is 8. The molecule has 0 atom stereocenters. The van der Waals surface area contributed by atoms with Crippen molar-refractivity contribution in [3.63, 3.8) is 0 Å². The minimum Gasteiger partial charge on any atom is -0.310 e. The fourth-order valence-electron chi connectivity index (χ4n) is 8.11. The molecule has 0 bridgehead atoms. The fourth-order valence-corrected chi connectivity index (χ4v) is 8.11. The highest BCUT2D eigenvalue weighted by atomic mass is 15.1. The first-order valence-corrected chi connectivity index (χ1v) is 19.2. The molecule has 0 aliphatic carbocycles. The number of benzene rings is 9. The second-order valence-corrected chi connectivity index (χ2v) is 14.2. The molecule has 0 fully saturated rings. The van der Waals surface area contributed by atoms with Crippen LogP contribution in [0.3, 0.4) is 0 Å². The van der Waals surface area contributed by atoms with E-state index in [-0.39, 0.29) is 0 Å². The summed E-state index contributed by atoms with van der Waals surface area (Å²) in [5.74, 6) is 0. The Morgan fingerprint density at radius 3 is 1.38 bits per heavy atom. The van der Waals surface area contributed by atoms with E-state index in [1.54, 1.807) is 0 Å². The zero-order valence-electron chi connectivity index (χ0n) is 30.8. The predicted molar refractivity (Wildman–Crippen MR) is 237 cm³/mol. The van der Waals surface area contributed by atoms with Crippen LogP contribution < -0.4 is 4.90 Å². The van der Waals surface area contributed by atoms with Crippen molar-refractivity contribution in [2.45, 2.75) is 0 Å². The van der Waals surface area contributed by atoms with Crippen molar-refractivity contribution in [2.24, 2.45) is 0 Å². The molecule has 0 spiro atoms. The van der Waals surface area contributed by atoms with Crippen LogP contribution in [-0.4, -0.2) is 4.57 Å². The summed E-state index contributed by atoms with van der Waals surface area (Å²) in [7, 11) is 0. The van der Waals surface area contributed by atoms with Crippen LogP contribution in [0.4, 0.5) is 17.1 Å². The summed E-state index contributed by atoms with van der Waals surface area (Å²) in [5.41, 5.74) is 16.4. The molecule has 0 saturated carbocycles. The van der Waals surface area contributed by atoms with Crippen molar-refractivity contribution in [1.29, 1.82) is 0 Å². The Balaban J connectivity index is 1.07. The first-order valence-electron chi connectivity index (χ1n) is 19.2. The molecule has 1 heterocycles. The lowest BCUT2D eigenvalue weighted by Gasteiger charge is -2.26. The van der Waals surface area contributed by atoms with Crippen LogP contribution in [0.1, 0.15) is 0 Å². The van der Waals surface area contributed by atoms with Crippen LogP contribution in [0.25, 0.3) is 72.0 Å². The molecule has 0 aliphatic heterocycles. The molecular formula is C54H38N2. The van der Waals surface area contributed by atoms with Gasteiger partial charge in [0.05, 0.1) is 11.0 Å². The van der Waals surface area contributed by atoms with E-state index in [2.05, 4.69) is 240 Å². The van der Waals surface area contributed by atoms with Gasteiger partial charge in [0.1, 0.15) is 0 Å². The van der Waals surface area contributed by atoms with Crippen LogP contribution >= 0.6 is 0 Å². The third-order valence-corrected chi connectivity index (χ3v) is 10.8. The molecule has 0 aliphatic rings. The molecule has 56 heavy (non-hydrogen) atoms. The van der Waals surface area contributed by atoms with E-state index < -0.39 is 0 Å². The lowest BCUT2D eigenvalue weighted by molar-refractivity contribution is 1.18. The number of fused-ring (bicyclic) bond motifs is 3. The van der Waals surface area contributed by atoms with Crippen LogP contribution in [-0.2, 0) is 0 Å². The molecule has 264 valence electrons. The van der Waals surface area contributed by atoms with Crippen molar-refractivity contribution in [3.05, 3.63) is 231 Å². The van der Waals surface area contributed by atoms with Crippen LogP contribution in [0.15, 0.2) is 231 Å². The molecule has 0 amide bonds. The van der Waals surface area contributed by atoms with E-state index in [1.807, 2.05) is 0 Å². The van der Waals surface area contributed by atoms with Crippen LogP contribution in [0, 0.1) is 0 Å². The van der Waals surface area contributed by atoms with Crippen LogP contribution in [0.2, 0.25) is 0 Å². The topological polar surface area (TPSA) is 8.17 Å². The second kappa shape index (κ2) is 14.4. The third kappa shape index (κ3) is 6.14. The normalized spacial score (nSPS) is 11.2. The van der Waals surface area contributed by atoms with E-state index in [9.17, 15) is 0 Å². The molecule has 0 radical (unpaired) electrons. The highest BCUT2D eigenvalue weighted by molar-refractivity contribution is 6.10. The van der Waals surface area contributed by atoms with Gasteiger partial charge in [-0.1, -0.05) is 170 Å². The van der Waals surface area contributed by atoms with E-state index in [0.717, 1.165) is 28.3 Å². The summed E-state index contributed by atoms with van der Waals surface area (Å²) in [6, 6.07) is 83.0. The van der Waals surface area contributed by atoms with Crippen molar-refractivity contribution in [3.8, 4) is 50.2 Å². The Bertz CT molecular complexity index is 2930. The quantitative estimate of drug-likeness (QED) is 0.152. The highest BCUT2D eigenvalue weighted by Crippen LogP contribution is 2.41. The molecular weight excluding hydrogens is 677 g/mol. The Kier molecular flexibility index (Phi) is 8.55. The summed E-state index contributed by atoms with van der Waals surface area (Å²) in [4.78, 5) is 2.34. The molecule has 2 heteroatoms. The average molecular weight is 715 g/mol. The summed E-state index contributed by atoms with van der Waals surface area (Å²) < 4.78 is 2.41. The molecule has 9 aromatic carbocycles. The zero-order chi connectivity index (χ0) is 37.3. The lowest BCUT2D eigenvalue weighted by Crippen LogP contribution is -2.09. The summed E-state index contributed by atoms with van der Waals surface area (Å²) >= 11 is 0. The van der Waals surface area contributed by atoms with Gasteiger partial charge >= 0.3 is 0 Å². The molecule has 10 rings (SSSR count). The van der Waals surface area contributed by atoms with Crippen molar-refractivity contribution in [2.75, 3.05) is 4.90 Å². The molecule has 2 nitrogen and oxygen atoms in total. The van der Waals surface area contributed by atoms with Crippen molar-refractivity contribution < 1.29 is 0 Å². The van der Waals surface area contributed by atoms with Gasteiger partial charge in [-0.25, -0.2) is 0 Å². The second-order valence-electron chi connectivity index (χ2n) is 14.2. The minimum absolute atomic E-state index is 1.10. The molecule has 10 aromatic rings. The van der Waals surface area contributed by atoms with E-state index >= 15 is 0 Å². The summed E-state index contributed by atoms with van der Waals surface area (Å²) in [5, 5.41) is 2.49. The molecule has 0 unspecified atom stereocenters. The number of para-hydroxylation sites is 2. The van der Waals surface area contributed by atoms with E-state index in [0.29, 0.717) is 0 Å². The fraction of sp³-hybridized carbons (Fsp3) is 0. The maximum absolute atomic E-state index is 2.41. The largest absolute Gasteiger partial charge is 0.310 e. The van der Waals surface area contributed by atoms with E-state index in [4.69, 9.17) is 0 Å². The SMILES string of the molecule is c1ccc(-c2ccc(N(c3ccccc3)c3cccc(-c4ccccc4-c4ccc5c6ccccc6n(-c6ccc(-c7ccccc7)cc6)c5c4)c3)cc2)cc1. The zero-order valence-corrected chi connectivity index (χ0v) is 30.8. The van der Waals surface area contributed by atoms with Gasteiger partial charge in [-0.05, 0) is 105 Å². The highest BCUT2D eigenvalue weighted by Gasteiger charge is 2.17. The number of hydrogen-bond acceptors (Lipinski definition) is 1. The average Bonchev–Trinajstić information content (AvgIpc) is 3.61. The Morgan fingerprint density at radius 2 is 0.714 bits per heavy atom. The van der Waals surface area contributed by atoms with Gasteiger partial charge in [-0.15, -0.1) is 0 Å².